The van der Waals surface area contributed by atoms with E-state index in [1.165, 1.54) is 0 Å². The van der Waals surface area contributed by atoms with Gasteiger partial charge < -0.3 is 15.0 Å². The zero-order chi connectivity index (χ0) is 12.3. The van der Waals surface area contributed by atoms with Crippen LogP contribution >= 0.6 is 0 Å². The number of aryl methyl sites for hydroxylation is 1. The molecule has 17 heavy (non-hydrogen) atoms. The number of ether oxygens (including phenoxy) is 1. The number of rotatable bonds is 4. The summed E-state index contributed by atoms with van der Waals surface area (Å²) in [5.74, 6) is 1.10. The molecular formula is C12H16N4O. The average molecular weight is 232 g/mol. The first-order valence-electron chi connectivity index (χ1n) is 5.58. The highest BCUT2D eigenvalue weighted by Crippen LogP contribution is 2.29. The van der Waals surface area contributed by atoms with Crippen LogP contribution < -0.4 is 10.5 Å². The number of nitrogen functional groups attached to an aromatic ring is 1. The Morgan fingerprint density at radius 1 is 1.41 bits per heavy atom. The van der Waals surface area contributed by atoms with Crippen molar-refractivity contribution in [1.29, 1.82) is 0 Å². The highest BCUT2D eigenvalue weighted by atomic mass is 16.5. The van der Waals surface area contributed by atoms with Gasteiger partial charge in [0.1, 0.15) is 5.75 Å². The van der Waals surface area contributed by atoms with Gasteiger partial charge in [0.15, 0.2) is 0 Å². The fraction of sp³-hybridized carbons (Fsp3) is 0.333. The molecule has 0 atom stereocenters. The second-order valence-electron chi connectivity index (χ2n) is 3.85. The van der Waals surface area contributed by atoms with E-state index in [2.05, 4.69) is 16.9 Å². The monoisotopic (exact) mass is 232 g/mol. The summed E-state index contributed by atoms with van der Waals surface area (Å²) in [5, 5.41) is 0. The van der Waals surface area contributed by atoms with E-state index >= 15 is 0 Å². The van der Waals surface area contributed by atoms with Gasteiger partial charge in [-0.3, -0.25) is 0 Å². The molecule has 2 aromatic rings. The van der Waals surface area contributed by atoms with Gasteiger partial charge in [0.2, 0.25) is 5.95 Å². The summed E-state index contributed by atoms with van der Waals surface area (Å²) < 4.78 is 7.62. The summed E-state index contributed by atoms with van der Waals surface area (Å²) in [7, 11) is 1.95. The molecule has 0 aromatic carbocycles. The van der Waals surface area contributed by atoms with Gasteiger partial charge in [-0.2, -0.15) is 0 Å². The summed E-state index contributed by atoms with van der Waals surface area (Å²) in [6.07, 6.45) is 6.52. The zero-order valence-corrected chi connectivity index (χ0v) is 10.1. The molecule has 2 heterocycles. The molecule has 0 aliphatic heterocycles. The van der Waals surface area contributed by atoms with Gasteiger partial charge in [0.25, 0.3) is 0 Å². The molecule has 0 radical (unpaired) electrons. The molecule has 0 aliphatic rings. The number of hydrogen-bond donors (Lipinski definition) is 1. The highest BCUT2D eigenvalue weighted by Gasteiger charge is 2.10. The van der Waals surface area contributed by atoms with Crippen molar-refractivity contribution in [1.82, 2.24) is 14.5 Å². The summed E-state index contributed by atoms with van der Waals surface area (Å²) in [4.78, 5) is 8.08. The van der Waals surface area contributed by atoms with Crippen LogP contribution in [-0.2, 0) is 7.05 Å². The Bertz CT molecular complexity index is 507. The van der Waals surface area contributed by atoms with Crippen molar-refractivity contribution in [3.63, 3.8) is 0 Å². The molecule has 0 amide bonds. The Kier molecular flexibility index (Phi) is 3.27. The van der Waals surface area contributed by atoms with E-state index in [1.807, 2.05) is 30.1 Å². The van der Waals surface area contributed by atoms with E-state index in [0.29, 0.717) is 6.61 Å². The van der Waals surface area contributed by atoms with E-state index in [0.717, 1.165) is 23.4 Å². The number of anilines is 1. The van der Waals surface area contributed by atoms with Gasteiger partial charge in [-0.1, -0.05) is 6.92 Å². The molecule has 2 rings (SSSR count). The second kappa shape index (κ2) is 4.86. The van der Waals surface area contributed by atoms with Gasteiger partial charge in [-0.15, -0.1) is 0 Å². The molecule has 0 saturated carbocycles. The first-order valence-corrected chi connectivity index (χ1v) is 5.58. The Hall–Kier alpha value is -2.04. The first-order chi connectivity index (χ1) is 8.20. The first kappa shape index (κ1) is 11.4. The molecule has 0 spiro atoms. The lowest BCUT2D eigenvalue weighted by molar-refractivity contribution is 0.318. The molecular weight excluding hydrogens is 216 g/mol. The van der Waals surface area contributed by atoms with Gasteiger partial charge in [0.05, 0.1) is 17.9 Å². The highest BCUT2D eigenvalue weighted by molar-refractivity contribution is 5.67. The average Bonchev–Trinajstić information content (AvgIpc) is 2.68. The van der Waals surface area contributed by atoms with Crippen molar-refractivity contribution >= 4 is 5.95 Å². The predicted molar refractivity (Wildman–Crippen MR) is 66.6 cm³/mol. The van der Waals surface area contributed by atoms with Crippen molar-refractivity contribution < 1.29 is 4.74 Å². The zero-order valence-electron chi connectivity index (χ0n) is 10.1. The fourth-order valence-corrected chi connectivity index (χ4v) is 1.60. The minimum Gasteiger partial charge on any atom is -0.491 e. The standard InChI is InChI=1S/C12H16N4O/c1-3-6-17-11-8-16(2)7-9(11)10-4-5-14-12(13)15-10/h4-5,7-8H,3,6H2,1-2H3,(H2,13,14,15). The van der Waals surface area contributed by atoms with E-state index in [4.69, 9.17) is 10.5 Å². The van der Waals surface area contributed by atoms with Crippen LogP contribution in [0.1, 0.15) is 13.3 Å². The van der Waals surface area contributed by atoms with Gasteiger partial charge in [-0.05, 0) is 12.5 Å². The van der Waals surface area contributed by atoms with Crippen LogP contribution in [0, 0.1) is 0 Å². The van der Waals surface area contributed by atoms with E-state index in [1.54, 1.807) is 6.20 Å². The Morgan fingerprint density at radius 2 is 2.24 bits per heavy atom. The molecule has 5 nitrogen and oxygen atoms in total. The number of nitrogens with two attached hydrogens (primary N) is 1. The topological polar surface area (TPSA) is 66.0 Å². The van der Waals surface area contributed by atoms with Gasteiger partial charge in [0, 0.05) is 25.6 Å². The van der Waals surface area contributed by atoms with Gasteiger partial charge >= 0.3 is 0 Å². The van der Waals surface area contributed by atoms with E-state index in [-0.39, 0.29) is 5.95 Å². The molecule has 2 N–H and O–H groups in total. The Labute approximate surface area is 100 Å². The SMILES string of the molecule is CCCOc1cn(C)cc1-c1ccnc(N)n1. The van der Waals surface area contributed by atoms with Crippen molar-refractivity contribution in [2.45, 2.75) is 13.3 Å². The third-order valence-corrected chi connectivity index (χ3v) is 2.33. The smallest absolute Gasteiger partial charge is 0.220 e. The van der Waals surface area contributed by atoms with Gasteiger partial charge in [-0.25, -0.2) is 9.97 Å². The van der Waals surface area contributed by atoms with Crippen molar-refractivity contribution in [3.05, 3.63) is 24.7 Å². The van der Waals surface area contributed by atoms with Crippen LogP contribution in [0.15, 0.2) is 24.7 Å². The van der Waals surface area contributed by atoms with Crippen LogP contribution in [0.25, 0.3) is 11.3 Å². The minimum atomic E-state index is 0.271. The maximum Gasteiger partial charge on any atom is 0.220 e. The fourth-order valence-electron chi connectivity index (χ4n) is 1.60. The number of nitrogens with zero attached hydrogens (tertiary/aromatic N) is 3. The van der Waals surface area contributed by atoms with Crippen LogP contribution in [0.3, 0.4) is 0 Å². The lowest BCUT2D eigenvalue weighted by Crippen LogP contribution is -1.97. The third kappa shape index (κ3) is 2.55. The Morgan fingerprint density at radius 3 is 2.94 bits per heavy atom. The summed E-state index contributed by atoms with van der Waals surface area (Å²) in [6.45, 7) is 2.77. The maximum atomic E-state index is 5.68. The summed E-state index contributed by atoms with van der Waals surface area (Å²) in [6, 6.07) is 1.82. The molecule has 0 aliphatic carbocycles. The largest absolute Gasteiger partial charge is 0.491 e. The molecule has 0 bridgehead atoms. The molecule has 5 heteroatoms. The molecule has 90 valence electrons. The second-order valence-corrected chi connectivity index (χ2v) is 3.85. The predicted octanol–water partition coefficient (Wildman–Crippen LogP) is 1.85. The maximum absolute atomic E-state index is 5.68. The van der Waals surface area contributed by atoms with Crippen molar-refractivity contribution in [2.75, 3.05) is 12.3 Å². The van der Waals surface area contributed by atoms with Crippen LogP contribution in [0.2, 0.25) is 0 Å². The summed E-state index contributed by atoms with van der Waals surface area (Å²) >= 11 is 0. The van der Waals surface area contributed by atoms with Crippen LogP contribution in [-0.4, -0.2) is 21.1 Å². The molecule has 0 unspecified atom stereocenters. The lowest BCUT2D eigenvalue weighted by Gasteiger charge is -2.05. The summed E-state index contributed by atoms with van der Waals surface area (Å²) in [5.41, 5.74) is 7.30. The molecule has 0 saturated heterocycles. The van der Waals surface area contributed by atoms with Crippen LogP contribution in [0.5, 0.6) is 5.75 Å². The molecule has 2 aromatic heterocycles. The lowest BCUT2D eigenvalue weighted by atomic mass is 10.2. The third-order valence-electron chi connectivity index (χ3n) is 2.33. The van der Waals surface area contributed by atoms with Crippen LogP contribution in [0.4, 0.5) is 5.95 Å². The Balaban J connectivity index is 2.37. The normalized spacial score (nSPS) is 10.5. The van der Waals surface area contributed by atoms with E-state index < -0.39 is 0 Å². The minimum absolute atomic E-state index is 0.271. The quantitative estimate of drug-likeness (QED) is 0.873. The molecule has 0 fully saturated rings. The van der Waals surface area contributed by atoms with E-state index in [9.17, 15) is 0 Å². The van der Waals surface area contributed by atoms with Crippen molar-refractivity contribution in [2.24, 2.45) is 7.05 Å². The number of hydrogen-bond acceptors (Lipinski definition) is 4. The number of aromatic nitrogens is 3. The van der Waals surface area contributed by atoms with Crippen molar-refractivity contribution in [3.8, 4) is 17.0 Å².